The average Bonchev–Trinajstić information content (AvgIpc) is 2.28. The molecule has 2 aliphatic rings. The van der Waals surface area contributed by atoms with Gasteiger partial charge in [0.15, 0.2) is 0 Å². The van der Waals surface area contributed by atoms with Crippen LogP contribution in [0.3, 0.4) is 0 Å². The van der Waals surface area contributed by atoms with E-state index in [1.165, 1.54) is 0 Å². The Bertz CT molecular complexity index is 263. The fourth-order valence-corrected chi connectivity index (χ4v) is 3.27. The van der Waals surface area contributed by atoms with Crippen molar-refractivity contribution < 1.29 is 8.42 Å². The van der Waals surface area contributed by atoms with Crippen molar-refractivity contribution in [1.82, 2.24) is 5.32 Å². The summed E-state index contributed by atoms with van der Waals surface area (Å²) in [5, 5.41) is 8.18. The molecule has 70 valence electrons. The minimum absolute atomic E-state index is 0.295. The Balaban J connectivity index is 2.13. The highest BCUT2D eigenvalue weighted by Gasteiger charge is 2.37. The van der Waals surface area contributed by atoms with Crippen LogP contribution in [0.1, 0.15) is 25.7 Å². The Hall–Kier alpha value is -0.130. The van der Waals surface area contributed by atoms with Crippen molar-refractivity contribution in [1.29, 1.82) is 0 Å². The lowest BCUT2D eigenvalue weighted by atomic mass is 10.1. The van der Waals surface area contributed by atoms with Gasteiger partial charge in [-0.2, -0.15) is 0 Å². The van der Waals surface area contributed by atoms with Crippen molar-refractivity contribution in [3.8, 4) is 0 Å². The van der Waals surface area contributed by atoms with E-state index >= 15 is 0 Å². The van der Waals surface area contributed by atoms with Gasteiger partial charge in [0.1, 0.15) is 0 Å². The Labute approximate surface area is 72.6 Å². The topological polar surface area (TPSA) is 72.2 Å². The van der Waals surface area contributed by atoms with Crippen LogP contribution in [0.4, 0.5) is 0 Å². The molecule has 0 amide bonds. The first-order valence-electron chi connectivity index (χ1n) is 4.33. The van der Waals surface area contributed by atoms with E-state index in [9.17, 15) is 8.42 Å². The Morgan fingerprint density at radius 1 is 1.17 bits per heavy atom. The van der Waals surface area contributed by atoms with Crippen molar-refractivity contribution in [2.24, 2.45) is 5.14 Å². The van der Waals surface area contributed by atoms with Crippen LogP contribution in [-0.2, 0) is 10.0 Å². The normalized spacial score (nSPS) is 41.6. The van der Waals surface area contributed by atoms with Crippen LogP contribution in [0.25, 0.3) is 0 Å². The number of hydrogen-bond acceptors (Lipinski definition) is 3. The number of nitrogens with one attached hydrogen (secondary N) is 1. The summed E-state index contributed by atoms with van der Waals surface area (Å²) in [6.07, 6.45) is 3.62. The summed E-state index contributed by atoms with van der Waals surface area (Å²) in [6.45, 7) is 0. The van der Waals surface area contributed by atoms with Crippen LogP contribution in [0, 0.1) is 0 Å². The third-order valence-electron chi connectivity index (χ3n) is 2.89. The number of hydrogen-bond donors (Lipinski definition) is 2. The molecule has 0 unspecified atom stereocenters. The van der Waals surface area contributed by atoms with Gasteiger partial charge in [0.05, 0.1) is 5.25 Å². The summed E-state index contributed by atoms with van der Waals surface area (Å²) in [7, 11) is -3.29. The van der Waals surface area contributed by atoms with Crippen LogP contribution >= 0.6 is 0 Å². The lowest BCUT2D eigenvalue weighted by Crippen LogP contribution is -2.45. The first-order valence-corrected chi connectivity index (χ1v) is 5.94. The molecular weight excluding hydrogens is 176 g/mol. The molecule has 2 heterocycles. The number of rotatable bonds is 1. The fraction of sp³-hybridized carbons (Fsp3) is 1.00. The second-order valence-electron chi connectivity index (χ2n) is 3.82. The summed E-state index contributed by atoms with van der Waals surface area (Å²) in [5.41, 5.74) is 0. The molecule has 12 heavy (non-hydrogen) atoms. The zero-order valence-corrected chi connectivity index (χ0v) is 7.68. The average molecular weight is 190 g/mol. The summed E-state index contributed by atoms with van der Waals surface area (Å²) in [4.78, 5) is 0. The predicted molar refractivity (Wildman–Crippen MR) is 46.1 cm³/mol. The smallest absolute Gasteiger partial charge is 0.212 e. The molecule has 0 radical (unpaired) electrons. The molecule has 0 aromatic carbocycles. The van der Waals surface area contributed by atoms with Crippen molar-refractivity contribution in [3.05, 3.63) is 0 Å². The van der Waals surface area contributed by atoms with Gasteiger partial charge in [0.2, 0.25) is 10.0 Å². The highest BCUT2D eigenvalue weighted by atomic mass is 32.2. The van der Waals surface area contributed by atoms with Gasteiger partial charge in [-0.3, -0.25) is 0 Å². The minimum Gasteiger partial charge on any atom is -0.311 e. The number of fused-ring (bicyclic) bond motifs is 2. The molecule has 5 heteroatoms. The summed E-state index contributed by atoms with van der Waals surface area (Å²) in [5.74, 6) is 0. The van der Waals surface area contributed by atoms with Crippen molar-refractivity contribution >= 4 is 10.0 Å². The third-order valence-corrected chi connectivity index (χ3v) is 4.21. The summed E-state index contributed by atoms with van der Waals surface area (Å²) < 4.78 is 22.1. The van der Waals surface area contributed by atoms with Gasteiger partial charge in [-0.25, -0.2) is 13.6 Å². The van der Waals surface area contributed by atoms with E-state index in [1.807, 2.05) is 0 Å². The third kappa shape index (κ3) is 1.48. The molecule has 0 saturated carbocycles. The van der Waals surface area contributed by atoms with Crippen molar-refractivity contribution in [2.75, 3.05) is 0 Å². The largest absolute Gasteiger partial charge is 0.311 e. The van der Waals surface area contributed by atoms with Gasteiger partial charge in [-0.05, 0) is 25.7 Å². The van der Waals surface area contributed by atoms with E-state index in [0.29, 0.717) is 24.9 Å². The van der Waals surface area contributed by atoms with Gasteiger partial charge in [0, 0.05) is 12.1 Å². The zero-order valence-electron chi connectivity index (χ0n) is 6.86. The summed E-state index contributed by atoms with van der Waals surface area (Å²) in [6, 6.07) is 0.791. The van der Waals surface area contributed by atoms with Crippen LogP contribution in [0.2, 0.25) is 0 Å². The first kappa shape index (κ1) is 8.47. The van der Waals surface area contributed by atoms with Crippen LogP contribution in [0.5, 0.6) is 0 Å². The molecule has 2 saturated heterocycles. The Kier molecular flexibility index (Phi) is 1.89. The molecule has 0 aromatic rings. The van der Waals surface area contributed by atoms with E-state index in [0.717, 1.165) is 12.8 Å². The van der Waals surface area contributed by atoms with Crippen LogP contribution < -0.4 is 10.5 Å². The van der Waals surface area contributed by atoms with E-state index in [2.05, 4.69) is 5.32 Å². The second-order valence-corrected chi connectivity index (χ2v) is 5.67. The molecule has 2 rings (SSSR count). The van der Waals surface area contributed by atoms with Gasteiger partial charge < -0.3 is 5.32 Å². The maximum atomic E-state index is 11.1. The highest BCUT2D eigenvalue weighted by Crippen LogP contribution is 2.29. The van der Waals surface area contributed by atoms with Crippen LogP contribution in [-0.4, -0.2) is 25.8 Å². The minimum atomic E-state index is -3.29. The molecule has 0 aromatic heterocycles. The standard InChI is InChI=1S/C7H14N2O2S/c8-12(10,11)7-3-5-1-2-6(4-7)9-5/h5-7,9H,1-4H2,(H2,8,10,11)/t5-,6+,7+. The Morgan fingerprint density at radius 2 is 1.67 bits per heavy atom. The van der Waals surface area contributed by atoms with Gasteiger partial charge in [-0.1, -0.05) is 0 Å². The highest BCUT2D eigenvalue weighted by molar-refractivity contribution is 7.89. The van der Waals surface area contributed by atoms with Gasteiger partial charge in [-0.15, -0.1) is 0 Å². The number of primary sulfonamides is 1. The lowest BCUT2D eigenvalue weighted by molar-refractivity contribution is 0.401. The number of sulfonamides is 1. The van der Waals surface area contributed by atoms with Gasteiger partial charge in [0.25, 0.3) is 0 Å². The molecule has 3 atom stereocenters. The molecule has 2 aliphatic heterocycles. The quantitative estimate of drug-likeness (QED) is 0.588. The van der Waals surface area contributed by atoms with Gasteiger partial charge >= 0.3 is 0 Å². The molecule has 0 spiro atoms. The maximum Gasteiger partial charge on any atom is 0.212 e. The molecule has 3 N–H and O–H groups in total. The number of piperidine rings is 1. The molecule has 0 aliphatic carbocycles. The van der Waals surface area contributed by atoms with Crippen molar-refractivity contribution in [2.45, 2.75) is 43.0 Å². The molecule has 2 bridgehead atoms. The maximum absolute atomic E-state index is 11.1. The fourth-order valence-electron chi connectivity index (χ4n) is 2.27. The predicted octanol–water partition coefficient (Wildman–Crippen LogP) is -0.442. The molecular formula is C7H14N2O2S. The SMILES string of the molecule is NS(=O)(=O)[C@H]1C[C@H]2CC[C@@H](C1)N2. The van der Waals surface area contributed by atoms with Crippen molar-refractivity contribution in [3.63, 3.8) is 0 Å². The number of nitrogens with two attached hydrogens (primary N) is 1. The zero-order chi connectivity index (χ0) is 8.77. The molecule has 2 fully saturated rings. The molecule has 4 nitrogen and oxygen atoms in total. The summed E-state index contributed by atoms with van der Waals surface area (Å²) >= 11 is 0. The Morgan fingerprint density at radius 3 is 2.08 bits per heavy atom. The van der Waals surface area contributed by atoms with E-state index in [1.54, 1.807) is 0 Å². The lowest BCUT2D eigenvalue weighted by Gasteiger charge is -2.27. The van der Waals surface area contributed by atoms with E-state index in [-0.39, 0.29) is 5.25 Å². The van der Waals surface area contributed by atoms with E-state index < -0.39 is 10.0 Å². The monoisotopic (exact) mass is 190 g/mol. The van der Waals surface area contributed by atoms with Crippen LogP contribution in [0.15, 0.2) is 0 Å². The first-order chi connectivity index (χ1) is 5.55. The second kappa shape index (κ2) is 2.68. The van der Waals surface area contributed by atoms with E-state index in [4.69, 9.17) is 5.14 Å².